The summed E-state index contributed by atoms with van der Waals surface area (Å²) in [6.07, 6.45) is 4.38. The van der Waals surface area contributed by atoms with E-state index in [4.69, 9.17) is 0 Å². The summed E-state index contributed by atoms with van der Waals surface area (Å²) in [5, 5.41) is 6.61. The molecule has 1 heterocycles. The third kappa shape index (κ3) is 5.33. The molecule has 2 unspecified atom stereocenters. The molecule has 0 spiro atoms. The maximum absolute atomic E-state index is 12.7. The number of rotatable bonds is 7. The summed E-state index contributed by atoms with van der Waals surface area (Å²) in [6.45, 7) is 6.35. The lowest BCUT2D eigenvalue weighted by Gasteiger charge is -2.34. The molecular formula is C23H31N3O. The Morgan fingerprint density at radius 1 is 1.07 bits per heavy atom. The van der Waals surface area contributed by atoms with Crippen molar-refractivity contribution in [1.82, 2.24) is 4.90 Å². The number of anilines is 2. The van der Waals surface area contributed by atoms with E-state index in [9.17, 15) is 4.79 Å². The molecule has 0 saturated carbocycles. The average Bonchev–Trinajstić information content (AvgIpc) is 2.71. The van der Waals surface area contributed by atoms with E-state index >= 15 is 0 Å². The molecule has 27 heavy (non-hydrogen) atoms. The molecule has 1 aliphatic rings. The van der Waals surface area contributed by atoms with Crippen LogP contribution in [0.5, 0.6) is 0 Å². The van der Waals surface area contributed by atoms with Gasteiger partial charge in [0.25, 0.3) is 0 Å². The summed E-state index contributed by atoms with van der Waals surface area (Å²) in [4.78, 5) is 15.1. The van der Waals surface area contributed by atoms with E-state index in [1.54, 1.807) is 0 Å². The van der Waals surface area contributed by atoms with Crippen LogP contribution in [-0.4, -0.2) is 29.9 Å². The van der Waals surface area contributed by atoms with Crippen molar-refractivity contribution >= 4 is 17.3 Å². The highest BCUT2D eigenvalue weighted by Gasteiger charge is 2.27. The number of likely N-dealkylation sites (tertiary alicyclic amines) is 1. The molecule has 0 aliphatic carbocycles. The standard InChI is InChI=1S/C23H31N3O/c1-3-16-26-17-8-7-11-22(26)23(27)25-21-14-12-20(13-15-21)24-18(2)19-9-5-4-6-10-19/h4-6,9-10,12-15,18,22,24H,3,7-8,11,16-17H2,1-2H3,(H,25,27). The van der Waals surface area contributed by atoms with Gasteiger partial charge in [-0.15, -0.1) is 0 Å². The molecule has 0 bridgehead atoms. The Bertz CT molecular complexity index is 712. The minimum absolute atomic E-state index is 0.00889. The molecule has 2 atom stereocenters. The van der Waals surface area contributed by atoms with Gasteiger partial charge in [-0.3, -0.25) is 9.69 Å². The smallest absolute Gasteiger partial charge is 0.241 e. The Labute approximate surface area is 163 Å². The predicted molar refractivity (Wildman–Crippen MR) is 113 cm³/mol. The molecule has 144 valence electrons. The summed E-state index contributed by atoms with van der Waals surface area (Å²) in [7, 11) is 0. The molecule has 1 aliphatic heterocycles. The molecule has 3 rings (SSSR count). The highest BCUT2D eigenvalue weighted by molar-refractivity contribution is 5.95. The fourth-order valence-corrected chi connectivity index (χ4v) is 3.79. The molecule has 1 fully saturated rings. The van der Waals surface area contributed by atoms with E-state index in [0.29, 0.717) is 0 Å². The molecule has 0 aromatic heterocycles. The van der Waals surface area contributed by atoms with E-state index in [1.165, 1.54) is 12.0 Å². The van der Waals surface area contributed by atoms with Gasteiger partial charge in [-0.2, -0.15) is 0 Å². The molecule has 4 nitrogen and oxygen atoms in total. The van der Waals surface area contributed by atoms with E-state index in [1.807, 2.05) is 30.3 Å². The first-order chi connectivity index (χ1) is 13.2. The summed E-state index contributed by atoms with van der Waals surface area (Å²) in [5.41, 5.74) is 3.16. The monoisotopic (exact) mass is 365 g/mol. The van der Waals surface area contributed by atoms with Gasteiger partial charge in [0, 0.05) is 17.4 Å². The number of nitrogens with zero attached hydrogens (tertiary/aromatic N) is 1. The lowest BCUT2D eigenvalue weighted by Crippen LogP contribution is -2.47. The zero-order valence-electron chi connectivity index (χ0n) is 16.4. The lowest BCUT2D eigenvalue weighted by molar-refractivity contribution is -0.122. The van der Waals surface area contributed by atoms with Crippen LogP contribution in [0.1, 0.15) is 51.1 Å². The van der Waals surface area contributed by atoms with Gasteiger partial charge in [-0.05, 0) is 69.1 Å². The summed E-state index contributed by atoms with van der Waals surface area (Å²) in [6, 6.07) is 18.6. The molecule has 0 radical (unpaired) electrons. The number of nitrogens with one attached hydrogen (secondary N) is 2. The van der Waals surface area contributed by atoms with Gasteiger partial charge >= 0.3 is 0 Å². The largest absolute Gasteiger partial charge is 0.379 e. The van der Waals surface area contributed by atoms with Crippen molar-refractivity contribution in [1.29, 1.82) is 0 Å². The van der Waals surface area contributed by atoms with Crippen LogP contribution >= 0.6 is 0 Å². The molecule has 4 heteroatoms. The highest BCUT2D eigenvalue weighted by atomic mass is 16.2. The summed E-state index contributed by atoms with van der Waals surface area (Å²) >= 11 is 0. The third-order valence-corrected chi connectivity index (χ3v) is 5.26. The van der Waals surface area contributed by atoms with Crippen molar-refractivity contribution in [3.05, 3.63) is 60.2 Å². The number of carbonyl (C=O) groups is 1. The highest BCUT2D eigenvalue weighted by Crippen LogP contribution is 2.22. The molecule has 2 N–H and O–H groups in total. The van der Waals surface area contributed by atoms with Crippen molar-refractivity contribution in [2.45, 2.75) is 51.6 Å². The second-order valence-corrected chi connectivity index (χ2v) is 7.39. The number of hydrogen-bond donors (Lipinski definition) is 2. The fraction of sp³-hybridized carbons (Fsp3) is 0.435. The second kappa shape index (κ2) is 9.56. The number of carbonyl (C=O) groups excluding carboxylic acids is 1. The minimum atomic E-state index is 0.00889. The Morgan fingerprint density at radius 3 is 2.48 bits per heavy atom. The van der Waals surface area contributed by atoms with Crippen LogP contribution in [0.3, 0.4) is 0 Å². The van der Waals surface area contributed by atoms with Crippen LogP contribution in [0.25, 0.3) is 0 Å². The van der Waals surface area contributed by atoms with E-state index in [-0.39, 0.29) is 18.0 Å². The van der Waals surface area contributed by atoms with Crippen LogP contribution < -0.4 is 10.6 Å². The Balaban J connectivity index is 1.57. The summed E-state index contributed by atoms with van der Waals surface area (Å²) < 4.78 is 0. The van der Waals surface area contributed by atoms with E-state index in [0.717, 1.165) is 43.7 Å². The number of piperidine rings is 1. The third-order valence-electron chi connectivity index (χ3n) is 5.26. The van der Waals surface area contributed by atoms with Gasteiger partial charge < -0.3 is 10.6 Å². The van der Waals surface area contributed by atoms with E-state index in [2.05, 4.69) is 53.6 Å². The number of benzene rings is 2. The van der Waals surface area contributed by atoms with Gasteiger partial charge in [0.15, 0.2) is 0 Å². The maximum atomic E-state index is 12.7. The topological polar surface area (TPSA) is 44.4 Å². The fourth-order valence-electron chi connectivity index (χ4n) is 3.79. The molecule has 2 aromatic rings. The lowest BCUT2D eigenvalue weighted by atomic mass is 10.0. The van der Waals surface area contributed by atoms with Crippen LogP contribution in [0.2, 0.25) is 0 Å². The van der Waals surface area contributed by atoms with Crippen LogP contribution in [-0.2, 0) is 4.79 Å². The summed E-state index contributed by atoms with van der Waals surface area (Å²) in [5.74, 6) is 0.126. The van der Waals surface area contributed by atoms with Crippen molar-refractivity contribution < 1.29 is 4.79 Å². The first kappa shape index (κ1) is 19.4. The Morgan fingerprint density at radius 2 is 1.78 bits per heavy atom. The predicted octanol–water partition coefficient (Wildman–Crippen LogP) is 5.06. The second-order valence-electron chi connectivity index (χ2n) is 7.39. The van der Waals surface area contributed by atoms with Gasteiger partial charge in [-0.25, -0.2) is 0 Å². The number of hydrogen-bond acceptors (Lipinski definition) is 3. The van der Waals surface area contributed by atoms with E-state index < -0.39 is 0 Å². The van der Waals surface area contributed by atoms with Gasteiger partial charge in [0.1, 0.15) is 0 Å². The molecule has 1 amide bonds. The first-order valence-corrected chi connectivity index (χ1v) is 10.1. The van der Waals surface area contributed by atoms with Crippen molar-refractivity contribution in [2.24, 2.45) is 0 Å². The van der Waals surface area contributed by atoms with Crippen LogP contribution in [0.15, 0.2) is 54.6 Å². The van der Waals surface area contributed by atoms with Gasteiger partial charge in [-0.1, -0.05) is 43.7 Å². The normalized spacial score (nSPS) is 18.7. The van der Waals surface area contributed by atoms with Crippen molar-refractivity contribution in [3.63, 3.8) is 0 Å². The zero-order valence-corrected chi connectivity index (χ0v) is 16.4. The first-order valence-electron chi connectivity index (χ1n) is 10.1. The average molecular weight is 366 g/mol. The van der Waals surface area contributed by atoms with Crippen molar-refractivity contribution in [2.75, 3.05) is 23.7 Å². The SMILES string of the molecule is CCCN1CCCCC1C(=O)Nc1ccc(NC(C)c2ccccc2)cc1. The molecular weight excluding hydrogens is 334 g/mol. The Hall–Kier alpha value is -2.33. The minimum Gasteiger partial charge on any atom is -0.379 e. The van der Waals surface area contributed by atoms with Crippen LogP contribution in [0.4, 0.5) is 11.4 Å². The quantitative estimate of drug-likeness (QED) is 0.720. The van der Waals surface area contributed by atoms with Gasteiger partial charge in [0.2, 0.25) is 5.91 Å². The van der Waals surface area contributed by atoms with Crippen molar-refractivity contribution in [3.8, 4) is 0 Å². The molecule has 1 saturated heterocycles. The van der Waals surface area contributed by atoms with Gasteiger partial charge in [0.05, 0.1) is 6.04 Å². The maximum Gasteiger partial charge on any atom is 0.241 e. The van der Waals surface area contributed by atoms with Crippen LogP contribution in [0, 0.1) is 0 Å². The Kier molecular flexibility index (Phi) is 6.88. The zero-order chi connectivity index (χ0) is 19.1. The molecule has 2 aromatic carbocycles. The number of amides is 1.